The van der Waals surface area contributed by atoms with Crippen molar-refractivity contribution in [2.45, 2.75) is 24.8 Å². The van der Waals surface area contributed by atoms with Gasteiger partial charge >= 0.3 is 0 Å². The molecule has 1 atom stereocenters. The van der Waals surface area contributed by atoms with E-state index in [1.165, 1.54) is 10.6 Å². The van der Waals surface area contributed by atoms with E-state index >= 15 is 0 Å². The van der Waals surface area contributed by atoms with Crippen molar-refractivity contribution in [3.63, 3.8) is 0 Å². The zero-order valence-corrected chi connectivity index (χ0v) is 19.8. The Kier molecular flexibility index (Phi) is 5.53. The van der Waals surface area contributed by atoms with Gasteiger partial charge in [0, 0.05) is 36.0 Å². The van der Waals surface area contributed by atoms with Crippen molar-refractivity contribution in [2.24, 2.45) is 7.05 Å². The van der Waals surface area contributed by atoms with Gasteiger partial charge in [-0.3, -0.25) is 13.8 Å². The number of carbonyl (C=O) groups excluding carboxylic acids is 1. The Hall–Kier alpha value is -3.78. The number of amides is 1. The highest BCUT2D eigenvalue weighted by molar-refractivity contribution is 7.85. The maximum Gasteiger partial charge on any atom is 0.258 e. The largest absolute Gasteiger partial charge is 0.384 e. The van der Waals surface area contributed by atoms with Gasteiger partial charge in [0.25, 0.3) is 11.5 Å². The van der Waals surface area contributed by atoms with Crippen LogP contribution in [0, 0.1) is 6.92 Å². The van der Waals surface area contributed by atoms with Gasteiger partial charge in [0.1, 0.15) is 5.82 Å². The van der Waals surface area contributed by atoms with Crippen LogP contribution in [0.4, 0.5) is 11.5 Å². The van der Waals surface area contributed by atoms with Crippen LogP contribution < -0.4 is 16.2 Å². The Morgan fingerprint density at radius 2 is 2.00 bits per heavy atom. The van der Waals surface area contributed by atoms with Crippen molar-refractivity contribution in [1.29, 1.82) is 0 Å². The van der Waals surface area contributed by atoms with Crippen molar-refractivity contribution in [3.8, 4) is 0 Å². The first-order valence-corrected chi connectivity index (χ1v) is 12.3. The number of benzene rings is 2. The summed E-state index contributed by atoms with van der Waals surface area (Å²) in [4.78, 5) is 32.8. The topological polar surface area (TPSA) is 98.3 Å². The molecule has 0 spiro atoms. The van der Waals surface area contributed by atoms with E-state index in [0.29, 0.717) is 28.6 Å². The smallest absolute Gasteiger partial charge is 0.258 e. The fourth-order valence-electron chi connectivity index (χ4n) is 4.43. The molecule has 0 saturated carbocycles. The van der Waals surface area contributed by atoms with E-state index < -0.39 is 10.8 Å². The van der Waals surface area contributed by atoms with Crippen LogP contribution in [0.2, 0.25) is 0 Å². The van der Waals surface area contributed by atoms with Crippen LogP contribution in [-0.2, 0) is 30.8 Å². The molecule has 2 aromatic carbocycles. The summed E-state index contributed by atoms with van der Waals surface area (Å²) in [6.07, 6.45) is 2.29. The second-order valence-corrected chi connectivity index (χ2v) is 10.0. The van der Waals surface area contributed by atoms with Crippen LogP contribution in [-0.4, -0.2) is 25.4 Å². The van der Waals surface area contributed by atoms with Crippen molar-refractivity contribution in [2.75, 3.05) is 16.4 Å². The molecule has 172 valence electrons. The number of nitrogens with zero attached hydrogens (tertiary/aromatic N) is 3. The van der Waals surface area contributed by atoms with E-state index in [-0.39, 0.29) is 23.6 Å². The van der Waals surface area contributed by atoms with Crippen LogP contribution in [0.3, 0.4) is 0 Å². The minimum absolute atomic E-state index is 0.231. The average Bonchev–Trinajstić information content (AvgIpc) is 3.19. The maximum atomic E-state index is 13.8. The first kappa shape index (κ1) is 22.0. The standard InChI is InChI=1S/C26H24N4O3S/c1-16-12-17(13-21-20(16)6-7-23(27)28-21)15-30(26(32)19-8-10-29(2)24(31)14-19)22-5-3-4-18-9-11-34(33)25(18)22/h3-8,10,12-14H,9,11,15H2,1-2H3,(H2,27,28). The number of hydrogen-bond acceptors (Lipinski definition) is 5. The van der Waals surface area contributed by atoms with E-state index in [1.807, 2.05) is 43.3 Å². The SMILES string of the molecule is Cc1cc(CN(C(=O)c2ccn(C)c(=O)c2)c2cccc3c2S(=O)CC3)cc2nc(N)ccc12. The number of nitrogen functional groups attached to an aromatic ring is 1. The molecule has 0 fully saturated rings. The van der Waals surface area contributed by atoms with Gasteiger partial charge in [-0.25, -0.2) is 4.98 Å². The number of anilines is 2. The monoisotopic (exact) mass is 472 g/mol. The number of carbonyl (C=O) groups is 1. The van der Waals surface area contributed by atoms with Gasteiger partial charge in [0.15, 0.2) is 0 Å². The molecule has 34 heavy (non-hydrogen) atoms. The summed E-state index contributed by atoms with van der Waals surface area (Å²) in [5.41, 5.74) is 10.1. The summed E-state index contributed by atoms with van der Waals surface area (Å²) in [5, 5.41) is 0.990. The summed E-state index contributed by atoms with van der Waals surface area (Å²) >= 11 is 0. The average molecular weight is 473 g/mol. The molecule has 1 amide bonds. The third-order valence-corrected chi connectivity index (χ3v) is 7.68. The second kappa shape index (κ2) is 8.53. The maximum absolute atomic E-state index is 13.8. The van der Waals surface area contributed by atoms with Crippen LogP contribution in [0.1, 0.15) is 27.0 Å². The van der Waals surface area contributed by atoms with E-state index in [2.05, 4.69) is 4.98 Å². The van der Waals surface area contributed by atoms with Crippen molar-refractivity contribution >= 4 is 39.1 Å². The van der Waals surface area contributed by atoms with Gasteiger partial charge < -0.3 is 15.2 Å². The molecule has 0 saturated heterocycles. The van der Waals surface area contributed by atoms with Gasteiger partial charge in [0.05, 0.1) is 33.4 Å². The molecule has 1 aliphatic rings. The predicted octanol–water partition coefficient (Wildman–Crippen LogP) is 3.33. The number of nitrogens with two attached hydrogens (primary N) is 1. The van der Waals surface area contributed by atoms with Gasteiger partial charge in [-0.2, -0.15) is 0 Å². The zero-order valence-electron chi connectivity index (χ0n) is 18.9. The Labute approximate surface area is 199 Å². The Balaban J connectivity index is 1.65. The van der Waals surface area contributed by atoms with Crippen molar-refractivity contribution in [3.05, 3.63) is 93.4 Å². The lowest BCUT2D eigenvalue weighted by Gasteiger charge is -2.25. The lowest BCUT2D eigenvalue weighted by atomic mass is 10.0. The highest BCUT2D eigenvalue weighted by Crippen LogP contribution is 2.34. The molecule has 1 unspecified atom stereocenters. The Morgan fingerprint density at radius 3 is 2.79 bits per heavy atom. The molecule has 0 aliphatic carbocycles. The number of hydrogen-bond donors (Lipinski definition) is 1. The summed E-state index contributed by atoms with van der Waals surface area (Å²) < 4.78 is 14.3. The molecular weight excluding hydrogens is 448 g/mol. The lowest BCUT2D eigenvalue weighted by molar-refractivity contribution is 0.0984. The van der Waals surface area contributed by atoms with Gasteiger partial charge in [-0.1, -0.05) is 18.2 Å². The number of aromatic nitrogens is 2. The normalized spacial score (nSPS) is 14.8. The quantitative estimate of drug-likeness (QED) is 0.491. The van der Waals surface area contributed by atoms with E-state index in [1.54, 1.807) is 30.3 Å². The van der Waals surface area contributed by atoms with Crippen LogP contribution in [0.15, 0.2) is 70.5 Å². The molecule has 4 aromatic rings. The van der Waals surface area contributed by atoms with Gasteiger partial charge in [0.2, 0.25) is 0 Å². The molecule has 2 N–H and O–H groups in total. The predicted molar refractivity (Wildman–Crippen MR) is 135 cm³/mol. The van der Waals surface area contributed by atoms with Crippen LogP contribution in [0.5, 0.6) is 0 Å². The van der Waals surface area contributed by atoms with E-state index in [4.69, 9.17) is 5.73 Å². The van der Waals surface area contributed by atoms with E-state index in [9.17, 15) is 13.8 Å². The van der Waals surface area contributed by atoms with Gasteiger partial charge in [-0.05, 0) is 60.4 Å². The molecule has 0 bridgehead atoms. The Morgan fingerprint density at radius 1 is 1.18 bits per heavy atom. The number of pyridine rings is 2. The number of aryl methyl sites for hydroxylation is 3. The Bertz CT molecular complexity index is 1540. The van der Waals surface area contributed by atoms with Crippen LogP contribution in [0.25, 0.3) is 10.9 Å². The number of rotatable bonds is 4. The first-order chi connectivity index (χ1) is 16.3. The second-order valence-electron chi connectivity index (χ2n) is 8.54. The summed E-state index contributed by atoms with van der Waals surface area (Å²) in [6, 6.07) is 16.3. The molecular formula is C26H24N4O3S. The molecule has 1 aliphatic heterocycles. The molecule has 3 heterocycles. The van der Waals surface area contributed by atoms with E-state index in [0.717, 1.165) is 27.6 Å². The van der Waals surface area contributed by atoms with Crippen molar-refractivity contribution in [1.82, 2.24) is 9.55 Å². The highest BCUT2D eigenvalue weighted by Gasteiger charge is 2.28. The minimum Gasteiger partial charge on any atom is -0.384 e. The fourth-order valence-corrected chi connectivity index (χ4v) is 5.92. The summed E-state index contributed by atoms with van der Waals surface area (Å²) in [5.74, 6) is 0.639. The third kappa shape index (κ3) is 3.90. The lowest BCUT2D eigenvalue weighted by Crippen LogP contribution is -2.32. The number of fused-ring (bicyclic) bond motifs is 2. The fraction of sp³-hybridized carbons (Fsp3) is 0.192. The third-order valence-electron chi connectivity index (χ3n) is 6.18. The highest BCUT2D eigenvalue weighted by atomic mass is 32.2. The first-order valence-electron chi connectivity index (χ1n) is 11.0. The molecule has 7 nitrogen and oxygen atoms in total. The molecule has 2 aromatic heterocycles. The van der Waals surface area contributed by atoms with Crippen molar-refractivity contribution < 1.29 is 9.00 Å². The zero-order chi connectivity index (χ0) is 24.0. The van der Waals surface area contributed by atoms with Gasteiger partial charge in [-0.15, -0.1) is 0 Å². The van der Waals surface area contributed by atoms with Crippen LogP contribution >= 0.6 is 0 Å². The molecule has 0 radical (unpaired) electrons. The summed E-state index contributed by atoms with van der Waals surface area (Å²) in [7, 11) is 0.450. The minimum atomic E-state index is -1.19. The summed E-state index contributed by atoms with van der Waals surface area (Å²) in [6.45, 7) is 2.22. The molecule has 5 rings (SSSR count). The molecule has 8 heteroatoms.